The third-order valence-electron chi connectivity index (χ3n) is 4.50. The summed E-state index contributed by atoms with van der Waals surface area (Å²) in [5.41, 5.74) is 0. The van der Waals surface area contributed by atoms with E-state index >= 15 is 0 Å². The first kappa shape index (κ1) is 15.1. The van der Waals surface area contributed by atoms with Crippen molar-refractivity contribution in [3.8, 4) is 0 Å². The van der Waals surface area contributed by atoms with Gasteiger partial charge in [0.15, 0.2) is 0 Å². The van der Waals surface area contributed by atoms with Crippen molar-refractivity contribution in [3.63, 3.8) is 0 Å². The van der Waals surface area contributed by atoms with Gasteiger partial charge in [-0.25, -0.2) is 0 Å². The highest BCUT2D eigenvalue weighted by Crippen LogP contribution is 2.30. The molecule has 3 atom stereocenters. The molecule has 0 amide bonds. The predicted molar refractivity (Wildman–Crippen MR) is 70.1 cm³/mol. The molecule has 2 rings (SSSR count). The lowest BCUT2D eigenvalue weighted by Crippen LogP contribution is -2.50. The zero-order chi connectivity index (χ0) is 13.7. The van der Waals surface area contributed by atoms with Crippen LogP contribution in [0.15, 0.2) is 0 Å². The summed E-state index contributed by atoms with van der Waals surface area (Å²) in [5.74, 6) is 0.516. The van der Waals surface area contributed by atoms with Crippen LogP contribution in [0.3, 0.4) is 0 Å². The highest BCUT2D eigenvalue weighted by atomic mass is 19.4. The van der Waals surface area contributed by atoms with Crippen LogP contribution in [-0.2, 0) is 0 Å². The van der Waals surface area contributed by atoms with Crippen LogP contribution in [0.2, 0.25) is 0 Å². The van der Waals surface area contributed by atoms with Gasteiger partial charge in [-0.05, 0) is 38.1 Å². The Labute approximate surface area is 113 Å². The summed E-state index contributed by atoms with van der Waals surface area (Å²) in [7, 11) is 0. The van der Waals surface area contributed by atoms with Gasteiger partial charge in [0.05, 0.1) is 6.42 Å². The SMILES string of the molecule is FC(F)(F)CCNC1CCCCC1C1CCCCN1. The fourth-order valence-electron chi connectivity index (χ4n) is 3.54. The molecule has 0 radical (unpaired) electrons. The molecule has 0 aromatic heterocycles. The van der Waals surface area contributed by atoms with E-state index < -0.39 is 12.6 Å². The van der Waals surface area contributed by atoms with Crippen LogP contribution >= 0.6 is 0 Å². The second-order valence-corrected chi connectivity index (χ2v) is 5.93. The van der Waals surface area contributed by atoms with Crippen LogP contribution in [0.4, 0.5) is 13.2 Å². The third-order valence-corrected chi connectivity index (χ3v) is 4.50. The molecule has 1 aliphatic heterocycles. The van der Waals surface area contributed by atoms with E-state index in [-0.39, 0.29) is 12.6 Å². The number of hydrogen-bond donors (Lipinski definition) is 2. The quantitative estimate of drug-likeness (QED) is 0.825. The van der Waals surface area contributed by atoms with Crippen molar-refractivity contribution in [2.45, 2.75) is 69.6 Å². The smallest absolute Gasteiger partial charge is 0.314 e. The minimum absolute atomic E-state index is 0.0669. The topological polar surface area (TPSA) is 24.1 Å². The molecule has 0 aromatic rings. The Morgan fingerprint density at radius 2 is 1.74 bits per heavy atom. The molecule has 2 aliphatic rings. The standard InChI is InChI=1S/C14H25F3N2/c15-14(16,17)8-10-19-13-6-2-1-5-11(13)12-7-3-4-9-18-12/h11-13,18-19H,1-10H2. The van der Waals surface area contributed by atoms with Crippen LogP contribution in [-0.4, -0.2) is 31.3 Å². The second kappa shape index (κ2) is 6.93. The molecule has 2 N–H and O–H groups in total. The number of halogens is 3. The van der Waals surface area contributed by atoms with E-state index in [1.807, 2.05) is 0 Å². The zero-order valence-corrected chi connectivity index (χ0v) is 11.4. The molecule has 1 saturated carbocycles. The number of piperidine rings is 1. The summed E-state index contributed by atoms with van der Waals surface area (Å²) in [4.78, 5) is 0. The van der Waals surface area contributed by atoms with Crippen LogP contribution < -0.4 is 10.6 Å². The van der Waals surface area contributed by atoms with E-state index in [4.69, 9.17) is 0 Å². The summed E-state index contributed by atoms with van der Waals surface area (Å²) in [5, 5.41) is 6.73. The van der Waals surface area contributed by atoms with Crippen LogP contribution in [0.25, 0.3) is 0 Å². The highest BCUT2D eigenvalue weighted by molar-refractivity contribution is 4.90. The molecule has 1 saturated heterocycles. The highest BCUT2D eigenvalue weighted by Gasteiger charge is 2.33. The Morgan fingerprint density at radius 3 is 2.42 bits per heavy atom. The van der Waals surface area contributed by atoms with Gasteiger partial charge in [-0.3, -0.25) is 0 Å². The molecule has 0 spiro atoms. The molecule has 19 heavy (non-hydrogen) atoms. The molecule has 1 aliphatic carbocycles. The Bertz CT molecular complexity index is 262. The van der Waals surface area contributed by atoms with Gasteiger partial charge in [-0.1, -0.05) is 19.3 Å². The van der Waals surface area contributed by atoms with Crippen molar-refractivity contribution >= 4 is 0 Å². The Kier molecular flexibility index (Phi) is 5.51. The van der Waals surface area contributed by atoms with Gasteiger partial charge in [0.2, 0.25) is 0 Å². The lowest BCUT2D eigenvalue weighted by molar-refractivity contribution is -0.133. The van der Waals surface area contributed by atoms with E-state index in [1.165, 1.54) is 25.7 Å². The van der Waals surface area contributed by atoms with Crippen LogP contribution in [0.5, 0.6) is 0 Å². The van der Waals surface area contributed by atoms with Crippen molar-refractivity contribution in [1.82, 2.24) is 10.6 Å². The monoisotopic (exact) mass is 278 g/mol. The molecule has 2 nitrogen and oxygen atoms in total. The molecule has 5 heteroatoms. The minimum atomic E-state index is -4.04. The number of rotatable bonds is 4. The maximum Gasteiger partial charge on any atom is 0.390 e. The van der Waals surface area contributed by atoms with Crippen molar-refractivity contribution in [2.75, 3.05) is 13.1 Å². The molecular weight excluding hydrogens is 253 g/mol. The largest absolute Gasteiger partial charge is 0.390 e. The first-order valence-electron chi connectivity index (χ1n) is 7.60. The first-order valence-corrected chi connectivity index (χ1v) is 7.60. The van der Waals surface area contributed by atoms with E-state index in [9.17, 15) is 13.2 Å². The summed E-state index contributed by atoms with van der Waals surface area (Å²) >= 11 is 0. The van der Waals surface area contributed by atoms with Crippen LogP contribution in [0, 0.1) is 5.92 Å². The van der Waals surface area contributed by atoms with E-state index in [0.29, 0.717) is 12.0 Å². The summed E-state index contributed by atoms with van der Waals surface area (Å²) in [6.45, 7) is 1.13. The number of hydrogen-bond acceptors (Lipinski definition) is 2. The Hall–Kier alpha value is -0.290. The molecule has 112 valence electrons. The lowest BCUT2D eigenvalue weighted by atomic mass is 9.77. The summed E-state index contributed by atoms with van der Waals surface area (Å²) in [6, 6.07) is 0.782. The zero-order valence-electron chi connectivity index (χ0n) is 11.4. The molecule has 0 aromatic carbocycles. The molecular formula is C14H25F3N2. The fraction of sp³-hybridized carbons (Fsp3) is 1.00. The lowest BCUT2D eigenvalue weighted by Gasteiger charge is -2.40. The minimum Gasteiger partial charge on any atom is -0.314 e. The van der Waals surface area contributed by atoms with Crippen molar-refractivity contribution in [1.29, 1.82) is 0 Å². The van der Waals surface area contributed by atoms with Crippen molar-refractivity contribution in [3.05, 3.63) is 0 Å². The van der Waals surface area contributed by atoms with Gasteiger partial charge in [0.1, 0.15) is 0 Å². The second-order valence-electron chi connectivity index (χ2n) is 5.93. The first-order chi connectivity index (χ1) is 9.06. The van der Waals surface area contributed by atoms with E-state index in [0.717, 1.165) is 25.8 Å². The maximum atomic E-state index is 12.2. The summed E-state index contributed by atoms with van der Waals surface area (Å²) < 4.78 is 36.6. The normalized spacial score (nSPS) is 33.3. The molecule has 2 fully saturated rings. The number of nitrogens with one attached hydrogen (secondary N) is 2. The van der Waals surface area contributed by atoms with E-state index in [2.05, 4.69) is 10.6 Å². The van der Waals surface area contributed by atoms with Gasteiger partial charge in [-0.15, -0.1) is 0 Å². The molecule has 0 bridgehead atoms. The van der Waals surface area contributed by atoms with Crippen molar-refractivity contribution < 1.29 is 13.2 Å². The molecule has 3 unspecified atom stereocenters. The van der Waals surface area contributed by atoms with E-state index in [1.54, 1.807) is 0 Å². The fourth-order valence-corrected chi connectivity index (χ4v) is 3.54. The van der Waals surface area contributed by atoms with Gasteiger partial charge < -0.3 is 10.6 Å². The number of alkyl halides is 3. The summed E-state index contributed by atoms with van der Waals surface area (Å²) in [6.07, 6.45) is 3.46. The third kappa shape index (κ3) is 4.95. The average Bonchev–Trinajstić information content (AvgIpc) is 2.39. The average molecular weight is 278 g/mol. The van der Waals surface area contributed by atoms with Crippen LogP contribution in [0.1, 0.15) is 51.4 Å². The van der Waals surface area contributed by atoms with Gasteiger partial charge >= 0.3 is 6.18 Å². The molecule has 1 heterocycles. The van der Waals surface area contributed by atoms with Gasteiger partial charge in [-0.2, -0.15) is 13.2 Å². The van der Waals surface area contributed by atoms with Gasteiger partial charge in [0, 0.05) is 18.6 Å². The van der Waals surface area contributed by atoms with Crippen molar-refractivity contribution in [2.24, 2.45) is 5.92 Å². The Balaban J connectivity index is 1.81. The van der Waals surface area contributed by atoms with Gasteiger partial charge in [0.25, 0.3) is 0 Å². The predicted octanol–water partition coefficient (Wildman–Crippen LogP) is 3.23. The maximum absolute atomic E-state index is 12.2. The Morgan fingerprint density at radius 1 is 1.00 bits per heavy atom.